The third kappa shape index (κ3) is 9.08. The number of carboxylic acid groups (broad SMARTS) is 1. The molecule has 1 aromatic carbocycles. The number of carbonyl (C=O) groups is 1. The molecule has 5 unspecified atom stereocenters. The van der Waals surface area contributed by atoms with Gasteiger partial charge in [-0.3, -0.25) is 14.8 Å². The number of aliphatic imine (C=N–C) groups is 1. The zero-order valence-corrected chi connectivity index (χ0v) is 25.5. The first-order valence-electron chi connectivity index (χ1n) is 16.6. The number of fused-ring (bicyclic) bond motifs is 2. The van der Waals surface area contributed by atoms with E-state index in [1.54, 1.807) is 6.20 Å². The monoisotopic (exact) mass is 580 g/mol. The van der Waals surface area contributed by atoms with Gasteiger partial charge in [0.15, 0.2) is 0 Å². The molecular formula is C35H52N2O5. The number of rotatable bonds is 20. The van der Waals surface area contributed by atoms with Gasteiger partial charge in [-0.15, -0.1) is 0 Å². The van der Waals surface area contributed by atoms with Crippen molar-refractivity contribution in [3.05, 3.63) is 34.5 Å². The number of hydrogen-bond acceptors (Lipinski definition) is 6. The fourth-order valence-corrected chi connectivity index (χ4v) is 7.04. The lowest BCUT2D eigenvalue weighted by Crippen LogP contribution is -2.37. The van der Waals surface area contributed by atoms with Gasteiger partial charge in [-0.05, 0) is 81.6 Å². The molecule has 4 N–H and O–H groups in total. The predicted molar refractivity (Wildman–Crippen MR) is 168 cm³/mol. The van der Waals surface area contributed by atoms with Gasteiger partial charge in [0.25, 0.3) is 0 Å². The van der Waals surface area contributed by atoms with Gasteiger partial charge in [-0.25, -0.2) is 0 Å². The summed E-state index contributed by atoms with van der Waals surface area (Å²) in [6.45, 7) is 2.20. The number of aliphatic hydroxyl groups is 3. The van der Waals surface area contributed by atoms with Crippen LogP contribution in [0.2, 0.25) is 0 Å². The van der Waals surface area contributed by atoms with Crippen molar-refractivity contribution in [3.8, 4) is 0 Å². The number of nitrogens with zero attached hydrogens (tertiary/aromatic N) is 2. The summed E-state index contributed by atoms with van der Waals surface area (Å²) in [6.07, 6.45) is 20.3. The van der Waals surface area contributed by atoms with E-state index in [1.807, 2.05) is 12.1 Å². The summed E-state index contributed by atoms with van der Waals surface area (Å²) in [5.74, 6) is -1.73. The molecule has 4 rings (SSSR count). The first-order valence-corrected chi connectivity index (χ1v) is 16.6. The highest BCUT2D eigenvalue weighted by Gasteiger charge is 2.42. The molecule has 1 aromatic rings. The van der Waals surface area contributed by atoms with Crippen LogP contribution in [0.15, 0.2) is 28.3 Å². The van der Waals surface area contributed by atoms with Crippen molar-refractivity contribution >= 4 is 29.5 Å². The van der Waals surface area contributed by atoms with Crippen molar-refractivity contribution < 1.29 is 25.2 Å². The van der Waals surface area contributed by atoms with Crippen LogP contribution in [-0.4, -0.2) is 49.9 Å². The van der Waals surface area contributed by atoms with E-state index in [2.05, 4.69) is 24.1 Å². The summed E-state index contributed by atoms with van der Waals surface area (Å²) in [4.78, 5) is 21.2. The fourth-order valence-electron chi connectivity index (χ4n) is 7.04. The van der Waals surface area contributed by atoms with Gasteiger partial charge in [0.2, 0.25) is 0 Å². The van der Waals surface area contributed by atoms with E-state index in [0.29, 0.717) is 25.7 Å². The van der Waals surface area contributed by atoms with E-state index in [9.17, 15) is 25.2 Å². The van der Waals surface area contributed by atoms with Gasteiger partial charge in [-0.2, -0.15) is 0 Å². The van der Waals surface area contributed by atoms with E-state index in [1.165, 1.54) is 25.7 Å². The lowest BCUT2D eigenvalue weighted by Gasteiger charge is -2.32. The Hall–Kier alpha value is -2.35. The molecule has 232 valence electrons. The third-order valence-electron chi connectivity index (χ3n) is 9.71. The SMILES string of the molecule is CCCCCCCC(O)CCCCCCC(C(=O)O)C(O)CCC1(O)CCCC1CC1=Nc2cc3c(cc2=C1)C=CN=3. The molecule has 0 radical (unpaired) electrons. The maximum Gasteiger partial charge on any atom is 0.309 e. The number of benzene rings is 1. The molecule has 7 heteroatoms. The first kappa shape index (κ1) is 32.6. The van der Waals surface area contributed by atoms with Gasteiger partial charge >= 0.3 is 5.97 Å². The molecule has 0 saturated heterocycles. The molecule has 2 aliphatic heterocycles. The molecule has 1 aliphatic carbocycles. The van der Waals surface area contributed by atoms with Crippen molar-refractivity contribution in [2.24, 2.45) is 21.8 Å². The predicted octanol–water partition coefficient (Wildman–Crippen LogP) is 5.98. The molecule has 5 atom stereocenters. The summed E-state index contributed by atoms with van der Waals surface area (Å²) >= 11 is 0. The van der Waals surface area contributed by atoms with Crippen LogP contribution in [0.25, 0.3) is 12.2 Å². The summed E-state index contributed by atoms with van der Waals surface area (Å²) in [6, 6.07) is 4.12. The highest BCUT2D eigenvalue weighted by Crippen LogP contribution is 2.42. The van der Waals surface area contributed by atoms with Crippen molar-refractivity contribution in [2.45, 2.75) is 140 Å². The minimum atomic E-state index is -0.971. The molecule has 0 spiro atoms. The Bertz CT molecular complexity index is 1220. The number of hydrogen-bond donors (Lipinski definition) is 4. The maximum atomic E-state index is 12.0. The van der Waals surface area contributed by atoms with Crippen LogP contribution in [0, 0.1) is 11.8 Å². The molecule has 1 fully saturated rings. The Morgan fingerprint density at radius 2 is 1.71 bits per heavy atom. The molecule has 42 heavy (non-hydrogen) atoms. The van der Waals surface area contributed by atoms with E-state index in [4.69, 9.17) is 4.99 Å². The zero-order valence-electron chi connectivity index (χ0n) is 25.5. The van der Waals surface area contributed by atoms with Crippen molar-refractivity contribution in [2.75, 3.05) is 0 Å². The maximum absolute atomic E-state index is 12.0. The van der Waals surface area contributed by atoms with Crippen molar-refractivity contribution in [1.29, 1.82) is 0 Å². The van der Waals surface area contributed by atoms with Crippen molar-refractivity contribution in [3.63, 3.8) is 0 Å². The smallest absolute Gasteiger partial charge is 0.309 e. The average Bonchev–Trinajstić information content (AvgIpc) is 3.68. The molecular weight excluding hydrogens is 528 g/mol. The van der Waals surface area contributed by atoms with E-state index < -0.39 is 23.6 Å². The van der Waals surface area contributed by atoms with Gasteiger partial charge in [-0.1, -0.05) is 71.1 Å². The summed E-state index contributed by atoms with van der Waals surface area (Å²) < 4.78 is 0. The Labute approximate surface area is 251 Å². The lowest BCUT2D eigenvalue weighted by atomic mass is 9.81. The summed E-state index contributed by atoms with van der Waals surface area (Å²) in [5, 5.41) is 44.5. The normalized spacial score (nSPS) is 22.7. The fraction of sp³-hybridized carbons (Fsp3) is 0.686. The van der Waals surface area contributed by atoms with Crippen LogP contribution in [0.3, 0.4) is 0 Å². The van der Waals surface area contributed by atoms with Crippen molar-refractivity contribution in [1.82, 2.24) is 0 Å². The molecule has 1 saturated carbocycles. The Morgan fingerprint density at radius 1 is 1.00 bits per heavy atom. The quantitative estimate of drug-likeness (QED) is 0.141. The largest absolute Gasteiger partial charge is 0.481 e. The topological polar surface area (TPSA) is 123 Å². The van der Waals surface area contributed by atoms with E-state index >= 15 is 0 Å². The van der Waals surface area contributed by atoms with Gasteiger partial charge in [0, 0.05) is 22.7 Å². The van der Waals surface area contributed by atoms with Crippen LogP contribution in [-0.2, 0) is 4.79 Å². The molecule has 2 heterocycles. The third-order valence-corrected chi connectivity index (χ3v) is 9.71. The number of aliphatic hydroxyl groups excluding tert-OH is 2. The second kappa shape index (κ2) is 15.9. The lowest BCUT2D eigenvalue weighted by molar-refractivity contribution is -0.146. The van der Waals surface area contributed by atoms with Crippen LogP contribution in [0.4, 0.5) is 5.69 Å². The summed E-state index contributed by atoms with van der Waals surface area (Å²) in [5.41, 5.74) is 2.08. The molecule has 0 amide bonds. The minimum absolute atomic E-state index is 0.0420. The second-order valence-corrected chi connectivity index (χ2v) is 13.0. The second-order valence-electron chi connectivity index (χ2n) is 13.0. The molecule has 0 aromatic heterocycles. The van der Waals surface area contributed by atoms with Gasteiger partial charge in [0.1, 0.15) is 0 Å². The Balaban J connectivity index is 1.17. The average molecular weight is 581 g/mol. The first-order chi connectivity index (χ1) is 20.3. The van der Waals surface area contributed by atoms with Gasteiger partial charge in [0.05, 0.1) is 34.8 Å². The minimum Gasteiger partial charge on any atom is -0.481 e. The summed E-state index contributed by atoms with van der Waals surface area (Å²) in [7, 11) is 0. The van der Waals surface area contributed by atoms with Gasteiger partial charge < -0.3 is 20.4 Å². The van der Waals surface area contributed by atoms with E-state index in [-0.39, 0.29) is 18.4 Å². The molecule has 3 aliphatic rings. The Kier molecular flexibility index (Phi) is 12.3. The standard InChI is InChI=1S/C35H52N2O5/c1-2-3-4-5-8-13-29(38)14-9-6-7-10-15-30(34(40)41)33(39)16-19-35(42)18-11-12-27(35)23-28-22-26-21-25-17-20-36-31(25)24-32(26)37-28/h17,20-22,24,27,29-30,33,38-39,42H,2-16,18-19,23H2,1H3,(H,40,41). The zero-order chi connectivity index (χ0) is 30.0. The number of aliphatic carboxylic acids is 1. The Morgan fingerprint density at radius 3 is 2.43 bits per heavy atom. The molecule has 0 bridgehead atoms. The molecule has 7 nitrogen and oxygen atoms in total. The number of carboxylic acids is 1. The highest BCUT2D eigenvalue weighted by atomic mass is 16.4. The van der Waals surface area contributed by atoms with Crippen LogP contribution >= 0.6 is 0 Å². The van der Waals surface area contributed by atoms with Crippen LogP contribution < -0.4 is 10.6 Å². The van der Waals surface area contributed by atoms with E-state index in [0.717, 1.165) is 85.3 Å². The van der Waals surface area contributed by atoms with Crippen LogP contribution in [0.5, 0.6) is 0 Å². The van der Waals surface area contributed by atoms with Crippen LogP contribution in [0.1, 0.15) is 128 Å². The number of unbranched alkanes of at least 4 members (excludes halogenated alkanes) is 7. The highest BCUT2D eigenvalue weighted by molar-refractivity contribution is 6.14.